The van der Waals surface area contributed by atoms with Crippen LogP contribution < -0.4 is 5.73 Å². The molecule has 0 aromatic heterocycles. The highest BCUT2D eigenvalue weighted by molar-refractivity contribution is 5.85. The van der Waals surface area contributed by atoms with Gasteiger partial charge in [-0.1, -0.05) is 12.1 Å². The smallest absolute Gasteiger partial charge is 0.152 e. The summed E-state index contributed by atoms with van der Waals surface area (Å²) in [5.41, 5.74) is 8.10. The summed E-state index contributed by atoms with van der Waals surface area (Å²) in [6.07, 6.45) is 3.26. The molecule has 1 aliphatic carbocycles. The third-order valence-corrected chi connectivity index (χ3v) is 2.31. The Labute approximate surface area is 71.4 Å². The molecule has 62 valence electrons. The van der Waals surface area contributed by atoms with Gasteiger partial charge in [0.1, 0.15) is 0 Å². The second-order valence-corrected chi connectivity index (χ2v) is 3.24. The van der Waals surface area contributed by atoms with E-state index in [0.29, 0.717) is 17.2 Å². The molecule has 2 rings (SSSR count). The van der Waals surface area contributed by atoms with Crippen molar-refractivity contribution in [3.8, 4) is 0 Å². The molecule has 2 nitrogen and oxygen atoms in total. The Bertz CT molecular complexity index is 316. The first-order valence-electron chi connectivity index (χ1n) is 4.16. The second kappa shape index (κ2) is 2.63. The van der Waals surface area contributed by atoms with Crippen LogP contribution >= 0.6 is 0 Å². The van der Waals surface area contributed by atoms with Gasteiger partial charge in [0, 0.05) is 11.3 Å². The summed E-state index contributed by atoms with van der Waals surface area (Å²) in [4.78, 5) is 10.7. The number of carbonyl (C=O) groups excluding carboxylic acids is 1. The molecule has 1 aromatic carbocycles. The van der Waals surface area contributed by atoms with Crippen molar-refractivity contribution < 1.29 is 4.79 Å². The van der Waals surface area contributed by atoms with Gasteiger partial charge in [-0.05, 0) is 30.4 Å². The predicted molar refractivity (Wildman–Crippen MR) is 48.2 cm³/mol. The summed E-state index contributed by atoms with van der Waals surface area (Å²) in [5.74, 6) is 0.591. The lowest BCUT2D eigenvalue weighted by Gasteiger charge is -2.04. The lowest BCUT2D eigenvalue weighted by molar-refractivity contribution is 0.112. The Morgan fingerprint density at radius 3 is 2.75 bits per heavy atom. The van der Waals surface area contributed by atoms with Crippen molar-refractivity contribution in [2.45, 2.75) is 18.8 Å². The standard InChI is InChI=1S/C10H11NO/c11-10-3-1-2-8(7-4-5-7)9(10)6-12/h1-3,6-7H,4-5,11H2. The third-order valence-electron chi connectivity index (χ3n) is 2.31. The van der Waals surface area contributed by atoms with E-state index in [1.54, 1.807) is 6.07 Å². The van der Waals surface area contributed by atoms with Crippen LogP contribution in [0.5, 0.6) is 0 Å². The average Bonchev–Trinajstić information content (AvgIpc) is 2.86. The van der Waals surface area contributed by atoms with Crippen molar-refractivity contribution in [3.63, 3.8) is 0 Å². The molecule has 1 aliphatic rings. The van der Waals surface area contributed by atoms with Gasteiger partial charge in [0.05, 0.1) is 0 Å². The van der Waals surface area contributed by atoms with Gasteiger partial charge in [-0.2, -0.15) is 0 Å². The van der Waals surface area contributed by atoms with E-state index >= 15 is 0 Å². The first kappa shape index (κ1) is 7.35. The van der Waals surface area contributed by atoms with E-state index in [2.05, 4.69) is 0 Å². The molecular weight excluding hydrogens is 150 g/mol. The number of aldehydes is 1. The molecule has 0 saturated heterocycles. The maximum absolute atomic E-state index is 10.7. The zero-order valence-corrected chi connectivity index (χ0v) is 6.79. The molecule has 2 N–H and O–H groups in total. The van der Waals surface area contributed by atoms with Gasteiger partial charge in [-0.15, -0.1) is 0 Å². The summed E-state index contributed by atoms with van der Waals surface area (Å²) in [7, 11) is 0. The molecule has 0 unspecified atom stereocenters. The van der Waals surface area contributed by atoms with Crippen LogP contribution in [-0.4, -0.2) is 6.29 Å². The number of nitrogen functional groups attached to an aromatic ring is 1. The Morgan fingerprint density at radius 1 is 1.42 bits per heavy atom. The van der Waals surface area contributed by atoms with Gasteiger partial charge in [0.2, 0.25) is 0 Å². The fourth-order valence-electron chi connectivity index (χ4n) is 1.49. The lowest BCUT2D eigenvalue weighted by Crippen LogP contribution is -1.97. The molecule has 0 amide bonds. The van der Waals surface area contributed by atoms with Crippen LogP contribution in [0.15, 0.2) is 18.2 Å². The highest BCUT2D eigenvalue weighted by Crippen LogP contribution is 2.42. The minimum atomic E-state index is 0.591. The molecule has 0 atom stereocenters. The number of benzene rings is 1. The van der Waals surface area contributed by atoms with Gasteiger partial charge < -0.3 is 5.73 Å². The first-order valence-corrected chi connectivity index (χ1v) is 4.16. The molecule has 0 bridgehead atoms. The largest absolute Gasteiger partial charge is 0.398 e. The fraction of sp³-hybridized carbons (Fsp3) is 0.300. The molecule has 0 aliphatic heterocycles. The molecular formula is C10H11NO. The van der Waals surface area contributed by atoms with Crippen LogP contribution in [0.1, 0.15) is 34.7 Å². The van der Waals surface area contributed by atoms with Crippen molar-refractivity contribution in [3.05, 3.63) is 29.3 Å². The summed E-state index contributed by atoms with van der Waals surface area (Å²) in [6.45, 7) is 0. The molecule has 0 heterocycles. The zero-order chi connectivity index (χ0) is 8.55. The quantitative estimate of drug-likeness (QED) is 0.532. The summed E-state index contributed by atoms with van der Waals surface area (Å²) >= 11 is 0. The number of nitrogens with two attached hydrogens (primary N) is 1. The van der Waals surface area contributed by atoms with Crippen molar-refractivity contribution in [1.82, 2.24) is 0 Å². The lowest BCUT2D eigenvalue weighted by atomic mass is 10.0. The van der Waals surface area contributed by atoms with E-state index in [1.807, 2.05) is 12.1 Å². The van der Waals surface area contributed by atoms with Crippen molar-refractivity contribution in [2.75, 3.05) is 5.73 Å². The third kappa shape index (κ3) is 1.09. The van der Waals surface area contributed by atoms with Crippen molar-refractivity contribution in [1.29, 1.82) is 0 Å². The Hall–Kier alpha value is -1.31. The van der Waals surface area contributed by atoms with E-state index in [-0.39, 0.29) is 0 Å². The Balaban J connectivity index is 2.50. The number of carbonyl (C=O) groups is 1. The van der Waals surface area contributed by atoms with E-state index in [4.69, 9.17) is 5.73 Å². The molecule has 2 heteroatoms. The van der Waals surface area contributed by atoms with Crippen LogP contribution in [0.4, 0.5) is 5.69 Å². The topological polar surface area (TPSA) is 43.1 Å². The van der Waals surface area contributed by atoms with E-state index in [1.165, 1.54) is 12.8 Å². The van der Waals surface area contributed by atoms with Crippen molar-refractivity contribution in [2.24, 2.45) is 0 Å². The van der Waals surface area contributed by atoms with Gasteiger partial charge in [-0.3, -0.25) is 4.79 Å². The van der Waals surface area contributed by atoms with Crippen LogP contribution in [0.25, 0.3) is 0 Å². The highest BCUT2D eigenvalue weighted by Gasteiger charge is 2.26. The van der Waals surface area contributed by atoms with Crippen molar-refractivity contribution >= 4 is 12.0 Å². The molecule has 1 saturated carbocycles. The van der Waals surface area contributed by atoms with E-state index in [0.717, 1.165) is 11.8 Å². The second-order valence-electron chi connectivity index (χ2n) is 3.24. The minimum Gasteiger partial charge on any atom is -0.398 e. The van der Waals surface area contributed by atoms with Gasteiger partial charge in [0.15, 0.2) is 6.29 Å². The van der Waals surface area contributed by atoms with Gasteiger partial charge in [-0.25, -0.2) is 0 Å². The van der Waals surface area contributed by atoms with Gasteiger partial charge in [0.25, 0.3) is 0 Å². The number of hydrogen-bond donors (Lipinski definition) is 1. The minimum absolute atomic E-state index is 0.591. The predicted octanol–water partition coefficient (Wildman–Crippen LogP) is 1.96. The van der Waals surface area contributed by atoms with E-state index < -0.39 is 0 Å². The van der Waals surface area contributed by atoms with Crippen LogP contribution in [-0.2, 0) is 0 Å². The van der Waals surface area contributed by atoms with Crippen LogP contribution in [0.3, 0.4) is 0 Å². The normalized spacial score (nSPS) is 16.0. The van der Waals surface area contributed by atoms with Crippen LogP contribution in [0.2, 0.25) is 0 Å². The summed E-state index contributed by atoms with van der Waals surface area (Å²) in [5, 5.41) is 0. The van der Waals surface area contributed by atoms with Crippen LogP contribution in [0, 0.1) is 0 Å². The highest BCUT2D eigenvalue weighted by atomic mass is 16.1. The fourth-order valence-corrected chi connectivity index (χ4v) is 1.49. The van der Waals surface area contributed by atoms with Gasteiger partial charge >= 0.3 is 0 Å². The summed E-state index contributed by atoms with van der Waals surface area (Å²) < 4.78 is 0. The molecule has 1 fully saturated rings. The van der Waals surface area contributed by atoms with E-state index in [9.17, 15) is 4.79 Å². The summed E-state index contributed by atoms with van der Waals surface area (Å²) in [6, 6.07) is 5.68. The molecule has 0 radical (unpaired) electrons. The molecule has 12 heavy (non-hydrogen) atoms. The molecule has 1 aromatic rings. The first-order chi connectivity index (χ1) is 5.83. The average molecular weight is 161 g/mol. The molecule has 0 spiro atoms. The number of hydrogen-bond acceptors (Lipinski definition) is 2. The number of anilines is 1. The Morgan fingerprint density at radius 2 is 2.17 bits per heavy atom. The maximum Gasteiger partial charge on any atom is 0.152 e. The monoisotopic (exact) mass is 161 g/mol. The Kier molecular flexibility index (Phi) is 1.61. The number of rotatable bonds is 2. The SMILES string of the molecule is Nc1cccc(C2CC2)c1C=O. The zero-order valence-electron chi connectivity index (χ0n) is 6.79. The maximum atomic E-state index is 10.7.